The molecule has 0 spiro atoms. The molecule has 0 amide bonds. The Kier molecular flexibility index (Phi) is 3.35. The van der Waals surface area contributed by atoms with Crippen LogP contribution in [0.1, 0.15) is 32.3 Å². The number of benzene rings is 1. The van der Waals surface area contributed by atoms with Crippen LogP contribution < -0.4 is 5.32 Å². The Morgan fingerprint density at radius 2 is 2.29 bits per heavy atom. The van der Waals surface area contributed by atoms with E-state index in [1.807, 2.05) is 18.2 Å². The Morgan fingerprint density at radius 1 is 1.53 bits per heavy atom. The average Bonchev–Trinajstić information content (AvgIpc) is 2.38. The second-order valence-corrected chi connectivity index (χ2v) is 4.60. The number of para-hydroxylation sites is 1. The van der Waals surface area contributed by atoms with Crippen molar-refractivity contribution >= 4 is 5.69 Å². The van der Waals surface area contributed by atoms with E-state index in [2.05, 4.69) is 31.3 Å². The van der Waals surface area contributed by atoms with Crippen LogP contribution in [0.25, 0.3) is 0 Å². The number of nitrogens with zero attached hydrogens (tertiary/aromatic N) is 1. The van der Waals surface area contributed by atoms with E-state index in [4.69, 9.17) is 10.00 Å². The van der Waals surface area contributed by atoms with Crippen LogP contribution in [0, 0.1) is 17.2 Å². The first kappa shape index (κ1) is 11.9. The van der Waals surface area contributed by atoms with E-state index < -0.39 is 5.72 Å². The van der Waals surface area contributed by atoms with Gasteiger partial charge in [0.1, 0.15) is 0 Å². The summed E-state index contributed by atoms with van der Waals surface area (Å²) in [5.74, 6) is 0.301. The van der Waals surface area contributed by atoms with Crippen molar-refractivity contribution in [3.05, 3.63) is 29.8 Å². The van der Waals surface area contributed by atoms with Crippen LogP contribution in [-0.4, -0.2) is 5.72 Å². The summed E-state index contributed by atoms with van der Waals surface area (Å²) in [4.78, 5) is 0. The van der Waals surface area contributed by atoms with Gasteiger partial charge in [-0.05, 0) is 12.5 Å². The molecule has 0 saturated heterocycles. The van der Waals surface area contributed by atoms with Crippen LogP contribution >= 0.6 is 0 Å². The van der Waals surface area contributed by atoms with Gasteiger partial charge >= 0.3 is 0 Å². The molecule has 3 heteroatoms. The lowest BCUT2D eigenvalue weighted by Crippen LogP contribution is -2.49. The Labute approximate surface area is 102 Å². The lowest BCUT2D eigenvalue weighted by atomic mass is 9.90. The van der Waals surface area contributed by atoms with E-state index in [-0.39, 0.29) is 0 Å². The number of fused-ring (bicyclic) bond motifs is 1. The second kappa shape index (κ2) is 4.77. The summed E-state index contributed by atoms with van der Waals surface area (Å²) >= 11 is 0. The molecule has 0 saturated carbocycles. The molecule has 0 radical (unpaired) electrons. The highest BCUT2D eigenvalue weighted by molar-refractivity contribution is 5.54. The number of hydrogen-bond donors (Lipinski definition) is 1. The van der Waals surface area contributed by atoms with Gasteiger partial charge in [0.2, 0.25) is 0 Å². The smallest absolute Gasteiger partial charge is 0.154 e. The standard InChI is InChI=1S/C14H18N2O/c1-3-11(2)14(8-9-15)16-13-7-5-4-6-12(13)10-17-14/h4-7,11,16H,3,8,10H2,1-2H3. The molecule has 2 atom stereocenters. The van der Waals surface area contributed by atoms with Crippen molar-refractivity contribution in [1.82, 2.24) is 0 Å². The van der Waals surface area contributed by atoms with Gasteiger partial charge in [0.25, 0.3) is 0 Å². The predicted octanol–water partition coefficient (Wildman–Crippen LogP) is 3.28. The van der Waals surface area contributed by atoms with Crippen LogP contribution in [-0.2, 0) is 11.3 Å². The third-order valence-corrected chi connectivity index (χ3v) is 3.60. The Balaban J connectivity index is 2.31. The SMILES string of the molecule is CCC(C)C1(CC#N)Nc2ccccc2CO1. The fraction of sp³-hybridized carbons (Fsp3) is 0.500. The van der Waals surface area contributed by atoms with Crippen molar-refractivity contribution in [2.45, 2.75) is 39.0 Å². The highest BCUT2D eigenvalue weighted by atomic mass is 16.5. The van der Waals surface area contributed by atoms with Gasteiger partial charge in [-0.2, -0.15) is 5.26 Å². The first-order chi connectivity index (χ1) is 8.22. The molecule has 2 rings (SSSR count). The van der Waals surface area contributed by atoms with Gasteiger partial charge in [-0.1, -0.05) is 32.0 Å². The molecule has 1 aliphatic rings. The van der Waals surface area contributed by atoms with Crippen LogP contribution in [0.4, 0.5) is 5.69 Å². The third kappa shape index (κ3) is 2.13. The molecule has 1 aromatic carbocycles. The van der Waals surface area contributed by atoms with Crippen LogP contribution in [0.5, 0.6) is 0 Å². The average molecular weight is 230 g/mol. The fourth-order valence-electron chi connectivity index (χ4n) is 2.22. The summed E-state index contributed by atoms with van der Waals surface area (Å²) in [5, 5.41) is 12.4. The van der Waals surface area contributed by atoms with Gasteiger partial charge in [-0.25, -0.2) is 0 Å². The lowest BCUT2D eigenvalue weighted by Gasteiger charge is -2.42. The molecule has 1 N–H and O–H groups in total. The van der Waals surface area contributed by atoms with Crippen molar-refractivity contribution in [2.24, 2.45) is 5.92 Å². The maximum absolute atomic E-state index is 9.01. The highest BCUT2D eigenvalue weighted by Gasteiger charge is 2.39. The van der Waals surface area contributed by atoms with Crippen molar-refractivity contribution in [3.63, 3.8) is 0 Å². The molecule has 1 heterocycles. The van der Waals surface area contributed by atoms with Gasteiger partial charge < -0.3 is 10.1 Å². The van der Waals surface area contributed by atoms with Gasteiger partial charge in [0.15, 0.2) is 5.72 Å². The van der Waals surface area contributed by atoms with Crippen molar-refractivity contribution in [3.8, 4) is 6.07 Å². The molecule has 0 bridgehead atoms. The first-order valence-corrected chi connectivity index (χ1v) is 6.09. The molecule has 2 unspecified atom stereocenters. The van der Waals surface area contributed by atoms with E-state index in [1.165, 1.54) is 0 Å². The predicted molar refractivity (Wildman–Crippen MR) is 67.3 cm³/mol. The molecule has 1 aromatic rings. The number of hydrogen-bond acceptors (Lipinski definition) is 3. The minimum Gasteiger partial charge on any atom is -0.356 e. The number of ether oxygens (including phenoxy) is 1. The third-order valence-electron chi connectivity index (χ3n) is 3.60. The van der Waals surface area contributed by atoms with Gasteiger partial charge in [0.05, 0.1) is 19.1 Å². The van der Waals surface area contributed by atoms with E-state index in [0.717, 1.165) is 17.7 Å². The van der Waals surface area contributed by atoms with Gasteiger partial charge in [0, 0.05) is 17.2 Å². The largest absolute Gasteiger partial charge is 0.356 e. The molecule has 3 nitrogen and oxygen atoms in total. The molecule has 1 aliphatic heterocycles. The molecule has 0 aliphatic carbocycles. The maximum Gasteiger partial charge on any atom is 0.154 e. The number of nitrogens with one attached hydrogen (secondary N) is 1. The second-order valence-electron chi connectivity index (χ2n) is 4.60. The summed E-state index contributed by atoms with van der Waals surface area (Å²) in [5.41, 5.74) is 1.72. The van der Waals surface area contributed by atoms with Crippen LogP contribution in [0.3, 0.4) is 0 Å². The zero-order chi connectivity index (χ0) is 12.3. The molecule has 17 heavy (non-hydrogen) atoms. The van der Waals surface area contributed by atoms with Crippen molar-refractivity contribution in [1.29, 1.82) is 5.26 Å². The zero-order valence-electron chi connectivity index (χ0n) is 10.4. The summed E-state index contributed by atoms with van der Waals surface area (Å²) in [6, 6.07) is 10.3. The number of nitriles is 1. The first-order valence-electron chi connectivity index (χ1n) is 6.09. The lowest BCUT2D eigenvalue weighted by molar-refractivity contribution is -0.0763. The molecule has 0 fully saturated rings. The normalized spacial score (nSPS) is 24.3. The molecule has 90 valence electrons. The van der Waals surface area contributed by atoms with Gasteiger partial charge in [-0.15, -0.1) is 0 Å². The van der Waals surface area contributed by atoms with E-state index in [1.54, 1.807) is 0 Å². The van der Waals surface area contributed by atoms with Gasteiger partial charge in [-0.3, -0.25) is 0 Å². The maximum atomic E-state index is 9.01. The number of anilines is 1. The molecular weight excluding hydrogens is 212 g/mol. The minimum atomic E-state index is -0.530. The topological polar surface area (TPSA) is 45.0 Å². The Morgan fingerprint density at radius 3 is 3.00 bits per heavy atom. The van der Waals surface area contributed by atoms with Crippen molar-refractivity contribution in [2.75, 3.05) is 5.32 Å². The molecule has 0 aromatic heterocycles. The zero-order valence-corrected chi connectivity index (χ0v) is 10.4. The monoisotopic (exact) mass is 230 g/mol. The van der Waals surface area contributed by atoms with E-state index >= 15 is 0 Å². The fourth-order valence-corrected chi connectivity index (χ4v) is 2.22. The van der Waals surface area contributed by atoms with E-state index in [0.29, 0.717) is 18.9 Å². The highest BCUT2D eigenvalue weighted by Crippen LogP contribution is 2.36. The summed E-state index contributed by atoms with van der Waals surface area (Å²) < 4.78 is 5.95. The van der Waals surface area contributed by atoms with Crippen LogP contribution in [0.15, 0.2) is 24.3 Å². The summed E-state index contributed by atoms with van der Waals surface area (Å²) in [7, 11) is 0. The number of rotatable bonds is 3. The summed E-state index contributed by atoms with van der Waals surface area (Å²) in [6.45, 7) is 4.82. The minimum absolute atomic E-state index is 0.301. The molecular formula is C14H18N2O. The quantitative estimate of drug-likeness (QED) is 0.866. The Hall–Kier alpha value is -1.53. The Bertz CT molecular complexity index is 438. The van der Waals surface area contributed by atoms with Crippen molar-refractivity contribution < 1.29 is 4.74 Å². The van der Waals surface area contributed by atoms with Crippen LogP contribution in [0.2, 0.25) is 0 Å². The summed E-state index contributed by atoms with van der Waals surface area (Å²) in [6.07, 6.45) is 1.35. The van der Waals surface area contributed by atoms with E-state index in [9.17, 15) is 0 Å².